The fourth-order valence-corrected chi connectivity index (χ4v) is 2.76. The van der Waals surface area contributed by atoms with Gasteiger partial charge in [0.05, 0.1) is 11.6 Å². The van der Waals surface area contributed by atoms with Crippen LogP contribution in [-0.2, 0) is 10.1 Å². The average Bonchev–Trinajstić information content (AvgIpc) is 2.92. The molecule has 0 spiro atoms. The maximum absolute atomic E-state index is 13.7. The third-order valence-corrected chi connectivity index (χ3v) is 4.53. The molecule has 0 amide bonds. The highest BCUT2D eigenvalue weighted by atomic mass is 32.2. The summed E-state index contributed by atoms with van der Waals surface area (Å²) in [7, 11) is -7.34. The zero-order valence-corrected chi connectivity index (χ0v) is 13.8. The minimum absolute atomic E-state index is 0.620. The minimum atomic E-state index is -7.54. The van der Waals surface area contributed by atoms with Crippen molar-refractivity contribution in [1.82, 2.24) is 4.98 Å². The van der Waals surface area contributed by atoms with Crippen molar-refractivity contribution in [3.63, 3.8) is 0 Å². The molecule has 0 aliphatic carbocycles. The van der Waals surface area contributed by atoms with E-state index in [9.17, 15) is 52.7 Å². The lowest BCUT2D eigenvalue weighted by Crippen LogP contribution is -2.63. The predicted octanol–water partition coefficient (Wildman–Crippen LogP) is 3.66. The molecule has 0 aliphatic heterocycles. The average molecular weight is 461 g/mol. The third kappa shape index (κ3) is 3.22. The summed E-state index contributed by atoms with van der Waals surface area (Å²) >= 11 is 0. The molecule has 7 nitrogen and oxygen atoms in total. The Hall–Kier alpha value is -2.72. The number of alkyl halides is 9. The Morgan fingerprint density at radius 1 is 1.03 bits per heavy atom. The van der Waals surface area contributed by atoms with Crippen LogP contribution in [0.4, 0.5) is 39.5 Å². The molecule has 2 heterocycles. The first-order chi connectivity index (χ1) is 12.9. The predicted molar refractivity (Wildman–Crippen MR) is 71.4 cm³/mol. The highest BCUT2D eigenvalue weighted by Gasteiger charge is 2.86. The number of fused-ring (bicyclic) bond motifs is 1. The van der Waals surface area contributed by atoms with Gasteiger partial charge >= 0.3 is 39.4 Å². The summed E-state index contributed by atoms with van der Waals surface area (Å²) in [6.45, 7) is 0. The molecule has 0 aliphatic rings. The molecule has 0 saturated carbocycles. The van der Waals surface area contributed by atoms with Crippen molar-refractivity contribution in [2.45, 2.75) is 23.3 Å². The Balaban J connectivity index is 2.63. The Morgan fingerprint density at radius 3 is 2.07 bits per heavy atom. The van der Waals surface area contributed by atoms with Crippen molar-refractivity contribution in [2.24, 2.45) is 0 Å². The first-order valence-electron chi connectivity index (χ1n) is 6.62. The Labute approximate surface area is 152 Å². The SMILES string of the molecule is O=C(O)c1oc2cnccc2c1OS(=O)(=O)C(F)(F)C(F)(F)C(F)(F)C(F)(F)F. The Kier molecular flexibility index (Phi) is 4.98. The van der Waals surface area contributed by atoms with Gasteiger partial charge in [0.25, 0.3) is 5.76 Å². The minimum Gasteiger partial charge on any atom is -0.475 e. The van der Waals surface area contributed by atoms with Gasteiger partial charge in [-0.15, -0.1) is 0 Å². The van der Waals surface area contributed by atoms with Gasteiger partial charge in [0.2, 0.25) is 5.75 Å². The molecule has 0 bridgehead atoms. The second-order valence-corrected chi connectivity index (χ2v) is 6.73. The molecule has 0 radical (unpaired) electrons. The molecule has 1 N–H and O–H groups in total. The molecule has 29 heavy (non-hydrogen) atoms. The summed E-state index contributed by atoms with van der Waals surface area (Å²) < 4.78 is 147. The van der Waals surface area contributed by atoms with E-state index in [2.05, 4.69) is 13.6 Å². The summed E-state index contributed by atoms with van der Waals surface area (Å²) in [5.74, 6) is -20.4. The van der Waals surface area contributed by atoms with E-state index >= 15 is 0 Å². The normalized spacial score (nSPS) is 14.2. The standard InChI is InChI=1S/C12H4F9NO6S/c13-9(14,11(17,18)19)10(15,16)12(20,21)29(25,26)28-6-4-1-2-22-3-5(4)27-7(6)8(23)24/h1-3H,(H,23,24). The summed E-state index contributed by atoms with van der Waals surface area (Å²) in [5.41, 5.74) is -0.620. The molecule has 162 valence electrons. The molecule has 2 aromatic heterocycles. The van der Waals surface area contributed by atoms with Gasteiger partial charge in [0, 0.05) is 6.20 Å². The van der Waals surface area contributed by atoms with E-state index in [0.717, 1.165) is 6.20 Å². The molecule has 0 unspecified atom stereocenters. The maximum Gasteiger partial charge on any atom is 0.460 e. The molecule has 0 saturated heterocycles. The van der Waals surface area contributed by atoms with Crippen LogP contribution in [-0.4, -0.2) is 47.8 Å². The smallest absolute Gasteiger partial charge is 0.460 e. The molecule has 0 aromatic carbocycles. The van der Waals surface area contributed by atoms with E-state index in [1.807, 2.05) is 0 Å². The van der Waals surface area contributed by atoms with E-state index < -0.39 is 61.8 Å². The van der Waals surface area contributed by atoms with Crippen molar-refractivity contribution in [1.29, 1.82) is 0 Å². The van der Waals surface area contributed by atoms with Gasteiger partial charge in [-0.3, -0.25) is 4.98 Å². The molecule has 2 aromatic rings. The number of aromatic nitrogens is 1. The summed E-state index contributed by atoms with van der Waals surface area (Å²) in [4.78, 5) is 14.4. The van der Waals surface area contributed by atoms with Gasteiger partial charge in [-0.25, -0.2) is 4.79 Å². The molecule has 2 rings (SSSR count). The quantitative estimate of drug-likeness (QED) is 0.517. The summed E-state index contributed by atoms with van der Waals surface area (Å²) in [6, 6.07) is 0.705. The van der Waals surface area contributed by atoms with Crippen LogP contribution in [0.3, 0.4) is 0 Å². The molecular weight excluding hydrogens is 457 g/mol. The number of furan rings is 1. The van der Waals surface area contributed by atoms with E-state index in [1.165, 1.54) is 0 Å². The first-order valence-corrected chi connectivity index (χ1v) is 8.03. The number of nitrogens with zero attached hydrogens (tertiary/aromatic N) is 1. The third-order valence-electron chi connectivity index (χ3n) is 3.26. The zero-order chi connectivity index (χ0) is 22.6. The van der Waals surface area contributed by atoms with Crippen molar-refractivity contribution in [2.75, 3.05) is 0 Å². The Bertz CT molecular complexity index is 1060. The number of aromatic carboxylic acids is 1. The number of halogens is 9. The highest BCUT2D eigenvalue weighted by molar-refractivity contribution is 7.88. The summed E-state index contributed by atoms with van der Waals surface area (Å²) in [6.07, 6.45) is -5.74. The number of pyridine rings is 1. The van der Waals surface area contributed by atoms with Crippen molar-refractivity contribution >= 4 is 27.1 Å². The van der Waals surface area contributed by atoms with E-state index in [1.54, 1.807) is 0 Å². The number of hydrogen-bond donors (Lipinski definition) is 1. The molecule has 0 atom stereocenters. The first kappa shape index (κ1) is 22.6. The Morgan fingerprint density at radius 2 is 1.59 bits per heavy atom. The fourth-order valence-electron chi connectivity index (χ4n) is 1.83. The van der Waals surface area contributed by atoms with Gasteiger partial charge in [0.15, 0.2) is 5.58 Å². The van der Waals surface area contributed by atoms with Gasteiger partial charge in [0.1, 0.15) is 0 Å². The number of carboxylic acids is 1. The lowest BCUT2D eigenvalue weighted by molar-refractivity contribution is -0.382. The molecule has 0 fully saturated rings. The van der Waals surface area contributed by atoms with Crippen LogP contribution in [0.5, 0.6) is 5.75 Å². The summed E-state index contributed by atoms with van der Waals surface area (Å²) in [5, 5.41) is 0.960. The topological polar surface area (TPSA) is 107 Å². The van der Waals surface area contributed by atoms with Crippen LogP contribution in [0, 0.1) is 0 Å². The van der Waals surface area contributed by atoms with Crippen molar-refractivity contribution in [3.05, 3.63) is 24.2 Å². The fraction of sp³-hybridized carbons (Fsp3) is 0.333. The van der Waals surface area contributed by atoms with E-state index in [0.29, 0.717) is 12.3 Å². The maximum atomic E-state index is 13.7. The van der Waals surface area contributed by atoms with Crippen molar-refractivity contribution in [3.8, 4) is 5.75 Å². The van der Waals surface area contributed by atoms with Gasteiger partial charge in [-0.1, -0.05) is 0 Å². The number of hydrogen-bond acceptors (Lipinski definition) is 6. The highest BCUT2D eigenvalue weighted by Crippen LogP contribution is 2.55. The lowest BCUT2D eigenvalue weighted by Gasteiger charge is -2.32. The van der Waals surface area contributed by atoms with Gasteiger partial charge < -0.3 is 13.7 Å². The van der Waals surface area contributed by atoms with Crippen LogP contribution in [0.15, 0.2) is 22.9 Å². The van der Waals surface area contributed by atoms with Crippen LogP contribution >= 0.6 is 0 Å². The second-order valence-electron chi connectivity index (χ2n) is 5.14. The zero-order valence-electron chi connectivity index (χ0n) is 13.0. The number of rotatable bonds is 6. The number of carbonyl (C=O) groups is 1. The second kappa shape index (κ2) is 6.39. The van der Waals surface area contributed by atoms with E-state index in [-0.39, 0.29) is 0 Å². The monoisotopic (exact) mass is 461 g/mol. The van der Waals surface area contributed by atoms with Gasteiger partial charge in [-0.05, 0) is 6.07 Å². The van der Waals surface area contributed by atoms with E-state index in [4.69, 9.17) is 5.11 Å². The van der Waals surface area contributed by atoms with Crippen LogP contribution in [0.25, 0.3) is 11.0 Å². The molecular formula is C12H4F9NO6S. The largest absolute Gasteiger partial charge is 0.475 e. The van der Waals surface area contributed by atoms with Crippen LogP contribution in [0.2, 0.25) is 0 Å². The van der Waals surface area contributed by atoms with Crippen LogP contribution in [0.1, 0.15) is 10.6 Å². The van der Waals surface area contributed by atoms with Crippen molar-refractivity contribution < 1.29 is 66.4 Å². The molecule has 17 heteroatoms. The number of carboxylic acid groups (broad SMARTS) is 1. The van der Waals surface area contributed by atoms with Crippen LogP contribution < -0.4 is 4.18 Å². The van der Waals surface area contributed by atoms with Gasteiger partial charge in [-0.2, -0.15) is 47.9 Å². The lowest BCUT2D eigenvalue weighted by atomic mass is 10.1.